The fraction of sp³-hybridized carbons (Fsp3) is 0.774. The molecule has 0 aromatic heterocycles. The molecule has 0 saturated carbocycles. The second kappa shape index (κ2) is 42.5. The molecule has 1 aliphatic rings. The molecule has 12 nitrogen and oxygen atoms in total. The van der Waals surface area contributed by atoms with E-state index in [4.69, 9.17) is 18.9 Å². The maximum atomic E-state index is 12.9. The standard InChI is InChI=1S/C53H92O12S/c1-3-5-7-9-11-13-15-17-19-21-22-23-24-26-27-29-31-33-35-37-39-41-48(54)62-43-46(44-63-53-52(58)51(57)50(56)47(65-53)45-66(59,60)61)64-49(55)42-40-38-36-34-32-30-28-25-20-18-16-14-12-10-8-6-4-2/h6,8,12,14-15,17-18,20-22,46-47,50-53,56-58H,3-5,7,9-11,13,16,19,23-45H2,1-2H3,(H,59,60,61)/b8-6-,14-12-,17-15-,20-18-,22-21-. The minimum Gasteiger partial charge on any atom is -0.462 e. The summed E-state index contributed by atoms with van der Waals surface area (Å²) in [4.78, 5) is 25.5. The predicted octanol–water partition coefficient (Wildman–Crippen LogP) is 11.7. The minimum absolute atomic E-state index is 0.150. The summed E-state index contributed by atoms with van der Waals surface area (Å²) in [5.74, 6) is -2.00. The van der Waals surface area contributed by atoms with Gasteiger partial charge < -0.3 is 34.3 Å². The van der Waals surface area contributed by atoms with Crippen molar-refractivity contribution >= 4 is 22.1 Å². The van der Waals surface area contributed by atoms with Gasteiger partial charge in [0.15, 0.2) is 12.4 Å². The van der Waals surface area contributed by atoms with Crippen molar-refractivity contribution in [1.82, 2.24) is 0 Å². The normalized spacial score (nSPS) is 19.9. The molecule has 4 N–H and O–H groups in total. The molecule has 0 aliphatic carbocycles. The third-order valence-corrected chi connectivity index (χ3v) is 12.3. The van der Waals surface area contributed by atoms with Gasteiger partial charge in [-0.1, -0.05) is 177 Å². The molecule has 0 spiro atoms. The molecule has 66 heavy (non-hydrogen) atoms. The summed E-state index contributed by atoms with van der Waals surface area (Å²) >= 11 is 0. The smallest absolute Gasteiger partial charge is 0.306 e. The number of hydrogen-bond donors (Lipinski definition) is 4. The fourth-order valence-corrected chi connectivity index (χ4v) is 8.30. The molecule has 1 heterocycles. The fourth-order valence-electron chi connectivity index (χ4n) is 7.60. The lowest BCUT2D eigenvalue weighted by molar-refractivity contribution is -0.297. The van der Waals surface area contributed by atoms with Crippen molar-refractivity contribution < 1.29 is 56.8 Å². The van der Waals surface area contributed by atoms with Gasteiger partial charge >= 0.3 is 11.9 Å². The Bertz CT molecular complexity index is 1440. The molecular formula is C53H92O12S. The molecule has 6 atom stereocenters. The second-order valence-electron chi connectivity index (χ2n) is 17.8. The molecule has 13 heteroatoms. The lowest BCUT2D eigenvalue weighted by atomic mass is 10.00. The number of hydrogen-bond acceptors (Lipinski definition) is 11. The monoisotopic (exact) mass is 953 g/mol. The number of esters is 2. The van der Waals surface area contributed by atoms with Gasteiger partial charge in [0.1, 0.15) is 36.8 Å². The van der Waals surface area contributed by atoms with Crippen LogP contribution in [0.4, 0.5) is 0 Å². The summed E-state index contributed by atoms with van der Waals surface area (Å²) < 4.78 is 54.2. The first kappa shape index (κ1) is 61.4. The van der Waals surface area contributed by atoms with Crippen LogP contribution in [0.25, 0.3) is 0 Å². The zero-order chi connectivity index (χ0) is 48.4. The molecule has 1 aliphatic heterocycles. The molecule has 0 bridgehead atoms. The molecule has 382 valence electrons. The Labute approximate surface area is 400 Å². The van der Waals surface area contributed by atoms with Crippen molar-refractivity contribution in [3.05, 3.63) is 60.8 Å². The Kier molecular flexibility index (Phi) is 39.5. The van der Waals surface area contributed by atoms with E-state index in [0.717, 1.165) is 96.3 Å². The van der Waals surface area contributed by atoms with Gasteiger partial charge in [-0.05, 0) is 77.0 Å². The van der Waals surface area contributed by atoms with Gasteiger partial charge in [0.2, 0.25) is 0 Å². The number of rotatable bonds is 43. The van der Waals surface area contributed by atoms with Crippen LogP contribution in [0.3, 0.4) is 0 Å². The Balaban J connectivity index is 2.37. The molecule has 1 saturated heterocycles. The summed E-state index contributed by atoms with van der Waals surface area (Å²) in [7, 11) is -4.61. The van der Waals surface area contributed by atoms with Gasteiger partial charge in [-0.3, -0.25) is 14.1 Å². The van der Waals surface area contributed by atoms with Gasteiger partial charge in [0.25, 0.3) is 10.1 Å². The summed E-state index contributed by atoms with van der Waals surface area (Å²) in [6.07, 6.45) is 44.0. The maximum Gasteiger partial charge on any atom is 0.306 e. The van der Waals surface area contributed by atoms with Crippen LogP contribution in [0, 0.1) is 0 Å². The van der Waals surface area contributed by atoms with Gasteiger partial charge in [0, 0.05) is 12.8 Å². The number of unbranched alkanes of at least 4 members (excludes halogenated alkanes) is 21. The number of carbonyl (C=O) groups is 2. The molecule has 0 aromatic rings. The average Bonchev–Trinajstić information content (AvgIpc) is 3.28. The highest BCUT2D eigenvalue weighted by atomic mass is 32.2. The van der Waals surface area contributed by atoms with E-state index in [0.29, 0.717) is 12.8 Å². The van der Waals surface area contributed by atoms with Crippen LogP contribution in [0.2, 0.25) is 0 Å². The Morgan fingerprint density at radius 2 is 0.955 bits per heavy atom. The first-order valence-electron chi connectivity index (χ1n) is 25.8. The zero-order valence-electron chi connectivity index (χ0n) is 41.0. The van der Waals surface area contributed by atoms with E-state index >= 15 is 0 Å². The highest BCUT2D eigenvalue weighted by molar-refractivity contribution is 7.85. The zero-order valence-corrected chi connectivity index (χ0v) is 41.9. The van der Waals surface area contributed by atoms with Crippen molar-refractivity contribution in [3.8, 4) is 0 Å². The molecular weight excluding hydrogens is 861 g/mol. The van der Waals surface area contributed by atoms with E-state index in [9.17, 15) is 37.9 Å². The predicted molar refractivity (Wildman–Crippen MR) is 265 cm³/mol. The third kappa shape index (κ3) is 36.4. The van der Waals surface area contributed by atoms with Gasteiger partial charge in [-0.25, -0.2) is 0 Å². The van der Waals surface area contributed by atoms with Gasteiger partial charge in [-0.2, -0.15) is 8.42 Å². The lowest BCUT2D eigenvalue weighted by Crippen LogP contribution is -2.60. The first-order chi connectivity index (χ1) is 32.0. The van der Waals surface area contributed by atoms with Crippen LogP contribution in [0.1, 0.15) is 206 Å². The lowest BCUT2D eigenvalue weighted by Gasteiger charge is -2.40. The van der Waals surface area contributed by atoms with Crippen LogP contribution in [0.15, 0.2) is 60.8 Å². The van der Waals surface area contributed by atoms with E-state index in [2.05, 4.69) is 74.6 Å². The highest BCUT2D eigenvalue weighted by Crippen LogP contribution is 2.24. The van der Waals surface area contributed by atoms with Crippen molar-refractivity contribution in [2.24, 2.45) is 0 Å². The van der Waals surface area contributed by atoms with Crippen LogP contribution in [-0.4, -0.2) is 96.0 Å². The van der Waals surface area contributed by atoms with Crippen LogP contribution >= 0.6 is 0 Å². The topological polar surface area (TPSA) is 186 Å². The van der Waals surface area contributed by atoms with Gasteiger partial charge in [-0.15, -0.1) is 0 Å². The summed E-state index contributed by atoms with van der Waals surface area (Å²) in [5, 5.41) is 31.0. The number of carbonyl (C=O) groups excluding carboxylic acids is 2. The quantitative estimate of drug-likeness (QED) is 0.0196. The number of ether oxygens (including phenoxy) is 4. The Morgan fingerprint density at radius 3 is 1.42 bits per heavy atom. The summed E-state index contributed by atoms with van der Waals surface area (Å²) in [6, 6.07) is 0. The Hall–Kier alpha value is -2.65. The van der Waals surface area contributed by atoms with E-state index in [1.165, 1.54) is 70.6 Å². The average molecular weight is 953 g/mol. The maximum absolute atomic E-state index is 12.9. The first-order valence-corrected chi connectivity index (χ1v) is 27.5. The van der Waals surface area contributed by atoms with Gasteiger partial charge in [0.05, 0.1) is 6.61 Å². The molecule has 0 amide bonds. The van der Waals surface area contributed by atoms with E-state index in [1.54, 1.807) is 0 Å². The number of aliphatic hydroxyl groups excluding tert-OH is 3. The van der Waals surface area contributed by atoms with Crippen molar-refractivity contribution in [2.75, 3.05) is 19.0 Å². The molecule has 1 rings (SSSR count). The van der Waals surface area contributed by atoms with E-state index in [1.807, 2.05) is 0 Å². The molecule has 1 fully saturated rings. The van der Waals surface area contributed by atoms with Crippen LogP contribution < -0.4 is 0 Å². The molecule has 6 unspecified atom stereocenters. The largest absolute Gasteiger partial charge is 0.462 e. The second-order valence-corrected chi connectivity index (χ2v) is 19.3. The van der Waals surface area contributed by atoms with Crippen molar-refractivity contribution in [3.63, 3.8) is 0 Å². The minimum atomic E-state index is -4.61. The Morgan fingerprint density at radius 1 is 0.530 bits per heavy atom. The summed E-state index contributed by atoms with van der Waals surface area (Å²) in [5.41, 5.74) is 0. The SMILES string of the molecule is CC/C=C\C/C=C\C/C=C\CCCCCCCCCC(=O)OC(COC(=O)CCCCCCCCCCC/C=C\C/C=C\CCCCCCC)COC1OC(CS(=O)(=O)O)C(O)C(O)C1O. The number of aliphatic hydroxyl groups is 3. The third-order valence-electron chi connectivity index (χ3n) is 11.6. The van der Waals surface area contributed by atoms with Crippen LogP contribution in [0.5, 0.6) is 0 Å². The molecule has 0 aromatic carbocycles. The highest BCUT2D eigenvalue weighted by Gasteiger charge is 2.46. The van der Waals surface area contributed by atoms with E-state index < -0.39 is 71.2 Å². The molecule has 0 radical (unpaired) electrons. The number of allylic oxidation sites excluding steroid dienone is 10. The van der Waals surface area contributed by atoms with Crippen molar-refractivity contribution in [1.29, 1.82) is 0 Å². The van der Waals surface area contributed by atoms with Crippen molar-refractivity contribution in [2.45, 2.75) is 243 Å². The van der Waals surface area contributed by atoms with E-state index in [-0.39, 0.29) is 19.4 Å². The van der Waals surface area contributed by atoms with Crippen LogP contribution in [-0.2, 0) is 38.7 Å². The summed E-state index contributed by atoms with van der Waals surface area (Å²) in [6.45, 7) is 3.65.